The van der Waals surface area contributed by atoms with Gasteiger partial charge in [-0.25, -0.2) is 0 Å². The van der Waals surface area contributed by atoms with Gasteiger partial charge in [0.15, 0.2) is 0 Å². The predicted octanol–water partition coefficient (Wildman–Crippen LogP) is -1.27. The number of ether oxygens (including phenoxy) is 1. The van der Waals surface area contributed by atoms with Crippen molar-refractivity contribution in [3.8, 4) is 0 Å². The molecule has 0 atom stereocenters. The van der Waals surface area contributed by atoms with E-state index in [1.165, 1.54) is 0 Å². The van der Waals surface area contributed by atoms with Gasteiger partial charge in [-0.05, 0) is 0 Å². The SMILES string of the molecule is [NH4+].[O-]CCOCCO. The summed E-state index contributed by atoms with van der Waals surface area (Å²) >= 11 is 0. The van der Waals surface area contributed by atoms with E-state index in [9.17, 15) is 5.11 Å². The highest BCUT2D eigenvalue weighted by atomic mass is 16.5. The van der Waals surface area contributed by atoms with Crippen molar-refractivity contribution in [3.05, 3.63) is 0 Å². The zero-order valence-corrected chi connectivity index (χ0v) is 5.09. The molecular formula is C4H13NO3. The van der Waals surface area contributed by atoms with Gasteiger partial charge < -0.3 is 21.1 Å². The van der Waals surface area contributed by atoms with Crippen LogP contribution in [0, 0.1) is 0 Å². The van der Waals surface area contributed by atoms with Crippen LogP contribution in [-0.2, 0) is 4.74 Å². The zero-order chi connectivity index (χ0) is 5.54. The molecule has 0 saturated heterocycles. The van der Waals surface area contributed by atoms with Crippen molar-refractivity contribution >= 4 is 0 Å². The Morgan fingerprint density at radius 1 is 1.38 bits per heavy atom. The van der Waals surface area contributed by atoms with Crippen LogP contribution in [-0.4, -0.2) is 31.5 Å². The van der Waals surface area contributed by atoms with Gasteiger partial charge in [0, 0.05) is 6.61 Å². The van der Waals surface area contributed by atoms with Gasteiger partial charge in [0.2, 0.25) is 0 Å². The first-order valence-electron chi connectivity index (χ1n) is 2.18. The first-order valence-corrected chi connectivity index (χ1v) is 2.18. The molecule has 4 heteroatoms. The quantitative estimate of drug-likeness (QED) is 0.457. The predicted molar refractivity (Wildman–Crippen MR) is 28.8 cm³/mol. The van der Waals surface area contributed by atoms with E-state index < -0.39 is 0 Å². The number of rotatable bonds is 4. The Bertz CT molecular complexity index is 30.5. The Kier molecular flexibility index (Phi) is 13.4. The van der Waals surface area contributed by atoms with Crippen LogP contribution in [0.15, 0.2) is 0 Å². The number of hydrogen-bond donors (Lipinski definition) is 2. The molecule has 0 heterocycles. The zero-order valence-electron chi connectivity index (χ0n) is 5.09. The molecule has 0 radical (unpaired) electrons. The van der Waals surface area contributed by atoms with E-state index in [0.29, 0.717) is 0 Å². The molecule has 4 nitrogen and oxygen atoms in total. The lowest BCUT2D eigenvalue weighted by Crippen LogP contribution is -2.14. The fourth-order valence-electron chi connectivity index (χ4n) is 0.226. The second kappa shape index (κ2) is 9.96. The molecule has 0 unspecified atom stereocenters. The van der Waals surface area contributed by atoms with E-state index in [1.807, 2.05) is 0 Å². The van der Waals surface area contributed by atoms with Crippen LogP contribution in [0.5, 0.6) is 0 Å². The van der Waals surface area contributed by atoms with E-state index >= 15 is 0 Å². The second-order valence-corrected chi connectivity index (χ2v) is 1.04. The summed E-state index contributed by atoms with van der Waals surface area (Å²) in [5.74, 6) is 0. The van der Waals surface area contributed by atoms with Crippen molar-refractivity contribution in [1.29, 1.82) is 0 Å². The second-order valence-electron chi connectivity index (χ2n) is 1.04. The molecule has 0 fully saturated rings. The normalized spacial score (nSPS) is 8.25. The third kappa shape index (κ3) is 9.28. The molecule has 5 N–H and O–H groups in total. The van der Waals surface area contributed by atoms with E-state index in [0.717, 1.165) is 0 Å². The molecule has 0 spiro atoms. The smallest absolute Gasteiger partial charge is 0.0697 e. The average Bonchev–Trinajstić information content (AvgIpc) is 1.69. The van der Waals surface area contributed by atoms with Crippen molar-refractivity contribution < 1.29 is 14.9 Å². The van der Waals surface area contributed by atoms with Crippen LogP contribution < -0.4 is 11.3 Å². The van der Waals surface area contributed by atoms with Gasteiger partial charge in [-0.2, -0.15) is 0 Å². The molecule has 8 heavy (non-hydrogen) atoms. The highest BCUT2D eigenvalue weighted by Crippen LogP contribution is 1.66. The maximum absolute atomic E-state index is 9.60. The average molecular weight is 123 g/mol. The third-order valence-electron chi connectivity index (χ3n) is 0.463. The number of quaternary nitrogens is 1. The Morgan fingerprint density at radius 3 is 2.38 bits per heavy atom. The maximum atomic E-state index is 9.60. The lowest BCUT2D eigenvalue weighted by atomic mass is 10.7. The van der Waals surface area contributed by atoms with Crippen LogP contribution in [0.4, 0.5) is 0 Å². The summed E-state index contributed by atoms with van der Waals surface area (Å²) < 4.78 is 4.57. The first kappa shape index (κ1) is 10.8. The van der Waals surface area contributed by atoms with Gasteiger partial charge in [-0.3, -0.25) is 0 Å². The molecular weight excluding hydrogens is 110 g/mol. The van der Waals surface area contributed by atoms with Crippen LogP contribution >= 0.6 is 0 Å². The summed E-state index contributed by atoms with van der Waals surface area (Å²) in [7, 11) is 0. The van der Waals surface area contributed by atoms with Gasteiger partial charge in [0.25, 0.3) is 0 Å². The molecule has 0 aliphatic carbocycles. The Labute approximate surface area is 48.7 Å². The van der Waals surface area contributed by atoms with Crippen molar-refractivity contribution in [1.82, 2.24) is 6.15 Å². The number of aliphatic hydroxyl groups excluding tert-OH is 1. The molecule has 0 aliphatic heterocycles. The van der Waals surface area contributed by atoms with Gasteiger partial charge >= 0.3 is 0 Å². The molecule has 0 saturated carbocycles. The van der Waals surface area contributed by atoms with E-state index in [-0.39, 0.29) is 32.6 Å². The molecule has 0 rings (SSSR count). The van der Waals surface area contributed by atoms with Crippen LogP contribution in [0.3, 0.4) is 0 Å². The van der Waals surface area contributed by atoms with E-state index in [4.69, 9.17) is 5.11 Å². The van der Waals surface area contributed by atoms with Gasteiger partial charge in [-0.1, -0.05) is 0 Å². The van der Waals surface area contributed by atoms with E-state index in [2.05, 4.69) is 4.74 Å². The highest BCUT2D eigenvalue weighted by Gasteiger charge is 1.75. The third-order valence-corrected chi connectivity index (χ3v) is 0.463. The highest BCUT2D eigenvalue weighted by molar-refractivity contribution is 4.23. The van der Waals surface area contributed by atoms with E-state index in [1.54, 1.807) is 0 Å². The Hall–Kier alpha value is -0.160. The summed E-state index contributed by atoms with van der Waals surface area (Å²) in [5, 5.41) is 17.7. The summed E-state index contributed by atoms with van der Waals surface area (Å²) in [5.41, 5.74) is 0. The Morgan fingerprint density at radius 2 is 2.00 bits per heavy atom. The number of aliphatic hydroxyl groups is 1. The van der Waals surface area contributed by atoms with Gasteiger partial charge in [0.05, 0.1) is 13.2 Å². The molecule has 0 bridgehead atoms. The minimum absolute atomic E-state index is 0. The van der Waals surface area contributed by atoms with Crippen molar-refractivity contribution in [3.63, 3.8) is 0 Å². The molecule has 0 aromatic carbocycles. The fourth-order valence-corrected chi connectivity index (χ4v) is 0.226. The lowest BCUT2D eigenvalue weighted by molar-refractivity contribution is -0.374. The standard InChI is InChI=1S/C4H9O3.H3N/c5-1-3-7-4-2-6;/h5H,1-4H2;1H3/q-1;/p+1. The minimum atomic E-state index is -0.222. The molecule has 0 amide bonds. The van der Waals surface area contributed by atoms with Crippen LogP contribution in [0.25, 0.3) is 0 Å². The minimum Gasteiger partial charge on any atom is -0.853 e. The van der Waals surface area contributed by atoms with Gasteiger partial charge in [-0.15, -0.1) is 6.61 Å². The van der Waals surface area contributed by atoms with Crippen molar-refractivity contribution in [2.75, 3.05) is 26.4 Å². The number of hydrogen-bond acceptors (Lipinski definition) is 3. The van der Waals surface area contributed by atoms with Crippen LogP contribution in [0.1, 0.15) is 0 Å². The molecule has 52 valence electrons. The Balaban J connectivity index is 0. The molecule has 0 aliphatic rings. The largest absolute Gasteiger partial charge is 0.853 e. The fraction of sp³-hybridized carbons (Fsp3) is 1.00. The topological polar surface area (TPSA) is 89.0 Å². The van der Waals surface area contributed by atoms with Crippen molar-refractivity contribution in [2.24, 2.45) is 0 Å². The lowest BCUT2D eigenvalue weighted by Gasteiger charge is -2.01. The maximum Gasteiger partial charge on any atom is 0.0697 e. The molecule has 0 aromatic rings. The summed E-state index contributed by atoms with van der Waals surface area (Å²) in [6.45, 7) is 0.267. The van der Waals surface area contributed by atoms with Crippen molar-refractivity contribution in [2.45, 2.75) is 0 Å². The van der Waals surface area contributed by atoms with Crippen LogP contribution in [0.2, 0.25) is 0 Å². The summed E-state index contributed by atoms with van der Waals surface area (Å²) in [6, 6.07) is 0. The van der Waals surface area contributed by atoms with Gasteiger partial charge in [0.1, 0.15) is 0 Å². The summed E-state index contributed by atoms with van der Waals surface area (Å²) in [6.07, 6.45) is 0. The monoisotopic (exact) mass is 123 g/mol. The summed E-state index contributed by atoms with van der Waals surface area (Å²) in [4.78, 5) is 0. The first-order chi connectivity index (χ1) is 3.41. The molecule has 0 aromatic heterocycles.